The maximum Gasteiger partial charge on any atom is 0.237 e. The predicted octanol–water partition coefficient (Wildman–Crippen LogP) is 3.85. The van der Waals surface area contributed by atoms with Gasteiger partial charge in [0.15, 0.2) is 5.78 Å². The van der Waals surface area contributed by atoms with Crippen molar-refractivity contribution in [3.63, 3.8) is 0 Å². The summed E-state index contributed by atoms with van der Waals surface area (Å²) in [5, 5.41) is 0.570. The molecule has 2 aromatic rings. The van der Waals surface area contributed by atoms with E-state index in [-0.39, 0.29) is 18.1 Å². The van der Waals surface area contributed by atoms with E-state index in [0.717, 1.165) is 11.3 Å². The number of carbonyl (C=O) groups excluding carboxylic acids is 2. The number of halogens is 1. The van der Waals surface area contributed by atoms with Crippen LogP contribution in [-0.4, -0.2) is 18.7 Å². The lowest BCUT2D eigenvalue weighted by Crippen LogP contribution is -2.37. The first-order valence-corrected chi connectivity index (χ1v) is 7.48. The van der Waals surface area contributed by atoms with Crippen molar-refractivity contribution in [3.8, 4) is 0 Å². The average molecular weight is 314 g/mol. The number of amides is 1. The van der Waals surface area contributed by atoms with Crippen molar-refractivity contribution >= 4 is 29.0 Å². The zero-order chi connectivity index (χ0) is 15.9. The van der Waals surface area contributed by atoms with Crippen LogP contribution in [0.5, 0.6) is 0 Å². The van der Waals surface area contributed by atoms with Gasteiger partial charge in [0, 0.05) is 29.7 Å². The monoisotopic (exact) mass is 313 g/mol. The number of Topliss-reactive ketones (excluding diaryl/α,β-unsaturated/α-hetero) is 1. The molecule has 22 heavy (non-hydrogen) atoms. The molecule has 3 rings (SSSR count). The van der Waals surface area contributed by atoms with E-state index < -0.39 is 5.41 Å². The van der Waals surface area contributed by atoms with Crippen LogP contribution in [0.15, 0.2) is 48.5 Å². The number of anilines is 1. The van der Waals surface area contributed by atoms with Gasteiger partial charge >= 0.3 is 0 Å². The van der Waals surface area contributed by atoms with Crippen LogP contribution < -0.4 is 4.90 Å². The van der Waals surface area contributed by atoms with Gasteiger partial charge in [-0.1, -0.05) is 41.9 Å². The summed E-state index contributed by atoms with van der Waals surface area (Å²) in [5.41, 5.74) is 1.38. The van der Waals surface area contributed by atoms with E-state index in [2.05, 4.69) is 0 Å². The third-order valence-electron chi connectivity index (χ3n) is 4.30. The van der Waals surface area contributed by atoms with Gasteiger partial charge in [0.05, 0.1) is 5.41 Å². The first-order valence-electron chi connectivity index (χ1n) is 7.10. The fourth-order valence-corrected chi connectivity index (χ4v) is 3.23. The number of benzene rings is 2. The third-order valence-corrected chi connectivity index (χ3v) is 4.54. The Kier molecular flexibility index (Phi) is 3.53. The maximum absolute atomic E-state index is 12.7. The van der Waals surface area contributed by atoms with Gasteiger partial charge in [-0.05, 0) is 30.7 Å². The normalized spacial score (nSPS) is 20.1. The highest BCUT2D eigenvalue weighted by Gasteiger charge is 2.47. The topological polar surface area (TPSA) is 37.4 Å². The van der Waals surface area contributed by atoms with Crippen molar-refractivity contribution in [2.75, 3.05) is 11.9 Å². The second-order valence-electron chi connectivity index (χ2n) is 5.82. The lowest BCUT2D eigenvalue weighted by atomic mass is 9.78. The van der Waals surface area contributed by atoms with Crippen molar-refractivity contribution in [1.29, 1.82) is 0 Å². The molecule has 1 amide bonds. The number of rotatable bonds is 3. The average Bonchev–Trinajstić information content (AvgIpc) is 2.70. The fraction of sp³-hybridized carbons (Fsp3) is 0.222. The standard InChI is InChI=1S/C18H16ClNO2/c1-18(11-16(21)12-6-4-3-5-7-12)14-10-13(19)8-9-15(14)20(2)17(18)22/h3-10H,11H2,1-2H3. The van der Waals surface area contributed by atoms with E-state index in [1.165, 1.54) is 0 Å². The summed E-state index contributed by atoms with van der Waals surface area (Å²) in [6.45, 7) is 1.81. The molecule has 0 saturated heterocycles. The molecule has 1 heterocycles. The first-order chi connectivity index (χ1) is 10.4. The molecule has 1 atom stereocenters. The molecular weight excluding hydrogens is 298 g/mol. The van der Waals surface area contributed by atoms with Crippen LogP contribution in [0.1, 0.15) is 29.3 Å². The minimum Gasteiger partial charge on any atom is -0.314 e. The molecule has 1 aliphatic rings. The van der Waals surface area contributed by atoms with Gasteiger partial charge in [0.2, 0.25) is 5.91 Å². The Labute approximate surface area is 134 Å². The number of carbonyl (C=O) groups is 2. The van der Waals surface area contributed by atoms with E-state index in [1.54, 1.807) is 36.2 Å². The molecule has 3 nitrogen and oxygen atoms in total. The van der Waals surface area contributed by atoms with Crippen LogP contribution in [0.3, 0.4) is 0 Å². The highest BCUT2D eigenvalue weighted by molar-refractivity contribution is 6.31. The summed E-state index contributed by atoms with van der Waals surface area (Å²) in [4.78, 5) is 26.8. The number of hydrogen-bond donors (Lipinski definition) is 0. The summed E-state index contributed by atoms with van der Waals surface area (Å²) in [6.07, 6.45) is 0.132. The molecule has 0 aliphatic carbocycles. The van der Waals surface area contributed by atoms with Crippen molar-refractivity contribution in [3.05, 3.63) is 64.7 Å². The molecule has 0 saturated carbocycles. The fourth-order valence-electron chi connectivity index (χ4n) is 3.06. The summed E-state index contributed by atoms with van der Waals surface area (Å²) in [7, 11) is 1.73. The van der Waals surface area contributed by atoms with Gasteiger partial charge in [-0.25, -0.2) is 0 Å². The molecule has 4 heteroatoms. The molecule has 0 N–H and O–H groups in total. The van der Waals surface area contributed by atoms with Crippen LogP contribution in [-0.2, 0) is 10.2 Å². The molecule has 2 aromatic carbocycles. The third kappa shape index (κ3) is 2.22. The SMILES string of the molecule is CN1C(=O)C(C)(CC(=O)c2ccccc2)c2cc(Cl)ccc21. The smallest absolute Gasteiger partial charge is 0.237 e. The molecule has 0 bridgehead atoms. The van der Waals surface area contributed by atoms with Crippen LogP contribution in [0.2, 0.25) is 5.02 Å². The first kappa shape index (κ1) is 14.8. The Morgan fingerprint density at radius 3 is 2.55 bits per heavy atom. The Morgan fingerprint density at radius 2 is 1.86 bits per heavy atom. The second-order valence-corrected chi connectivity index (χ2v) is 6.26. The van der Waals surface area contributed by atoms with Crippen molar-refractivity contribution in [2.24, 2.45) is 0 Å². The predicted molar refractivity (Wildman–Crippen MR) is 87.6 cm³/mol. The second kappa shape index (κ2) is 5.25. The Morgan fingerprint density at radius 1 is 1.18 bits per heavy atom. The molecule has 0 fully saturated rings. The lowest BCUT2D eigenvalue weighted by molar-refractivity contribution is -0.122. The summed E-state index contributed by atoms with van der Waals surface area (Å²) in [6, 6.07) is 14.4. The van der Waals surface area contributed by atoms with Gasteiger partial charge in [-0.15, -0.1) is 0 Å². The number of nitrogens with zero attached hydrogens (tertiary/aromatic N) is 1. The zero-order valence-electron chi connectivity index (χ0n) is 12.5. The Balaban J connectivity index is 2.01. The summed E-state index contributed by atoms with van der Waals surface area (Å²) in [5.74, 6) is -0.119. The van der Waals surface area contributed by atoms with Gasteiger partial charge in [0.25, 0.3) is 0 Å². The molecule has 0 spiro atoms. The van der Waals surface area contributed by atoms with Crippen molar-refractivity contribution in [2.45, 2.75) is 18.8 Å². The lowest BCUT2D eigenvalue weighted by Gasteiger charge is -2.22. The number of fused-ring (bicyclic) bond motifs is 1. The number of likely N-dealkylation sites (N-methyl/N-ethyl adjacent to an activating group) is 1. The summed E-state index contributed by atoms with van der Waals surface area (Å²) >= 11 is 6.08. The minimum absolute atomic E-state index is 0.0438. The van der Waals surface area contributed by atoms with Crippen LogP contribution in [0, 0.1) is 0 Å². The molecule has 0 aromatic heterocycles. The maximum atomic E-state index is 12.7. The molecule has 1 unspecified atom stereocenters. The van der Waals surface area contributed by atoms with E-state index in [0.29, 0.717) is 10.6 Å². The minimum atomic E-state index is -0.873. The summed E-state index contributed by atoms with van der Waals surface area (Å²) < 4.78 is 0. The zero-order valence-corrected chi connectivity index (χ0v) is 13.2. The van der Waals surface area contributed by atoms with Gasteiger partial charge in [0.1, 0.15) is 0 Å². The Bertz CT molecular complexity index is 757. The van der Waals surface area contributed by atoms with E-state index >= 15 is 0 Å². The number of ketones is 1. The van der Waals surface area contributed by atoms with E-state index in [4.69, 9.17) is 11.6 Å². The highest BCUT2D eigenvalue weighted by Crippen LogP contribution is 2.44. The molecular formula is C18H16ClNO2. The van der Waals surface area contributed by atoms with Crippen LogP contribution in [0.25, 0.3) is 0 Å². The van der Waals surface area contributed by atoms with E-state index in [9.17, 15) is 9.59 Å². The quantitative estimate of drug-likeness (QED) is 0.807. The Hall–Kier alpha value is -2.13. The largest absolute Gasteiger partial charge is 0.314 e. The van der Waals surface area contributed by atoms with E-state index in [1.807, 2.05) is 31.2 Å². The highest BCUT2D eigenvalue weighted by atomic mass is 35.5. The molecule has 0 radical (unpaired) electrons. The number of hydrogen-bond acceptors (Lipinski definition) is 2. The molecule has 112 valence electrons. The van der Waals surface area contributed by atoms with Gasteiger partial charge < -0.3 is 4.90 Å². The van der Waals surface area contributed by atoms with Crippen molar-refractivity contribution in [1.82, 2.24) is 0 Å². The van der Waals surface area contributed by atoms with Gasteiger partial charge in [-0.2, -0.15) is 0 Å². The van der Waals surface area contributed by atoms with Crippen LogP contribution >= 0.6 is 11.6 Å². The van der Waals surface area contributed by atoms with Crippen molar-refractivity contribution < 1.29 is 9.59 Å². The van der Waals surface area contributed by atoms with Gasteiger partial charge in [-0.3, -0.25) is 9.59 Å². The van der Waals surface area contributed by atoms with Crippen LogP contribution in [0.4, 0.5) is 5.69 Å². The molecule has 1 aliphatic heterocycles.